The molecule has 1 aliphatic carbocycles. The van der Waals surface area contributed by atoms with Crippen molar-refractivity contribution in [1.29, 1.82) is 0 Å². The molecule has 25 heavy (non-hydrogen) atoms. The fraction of sp³-hybridized carbons (Fsp3) is 0.650. The minimum absolute atomic E-state index is 0.162. The zero-order valence-electron chi connectivity index (χ0n) is 14.8. The molecule has 0 bridgehead atoms. The molecule has 1 heterocycles. The highest BCUT2D eigenvalue weighted by Gasteiger charge is 2.26. The van der Waals surface area contributed by atoms with Gasteiger partial charge in [-0.05, 0) is 56.3 Å². The van der Waals surface area contributed by atoms with Gasteiger partial charge < -0.3 is 5.32 Å². The minimum Gasteiger partial charge on any atom is -0.356 e. The topological polar surface area (TPSA) is 32.3 Å². The number of hydrogen-bond donors (Lipinski definition) is 1. The van der Waals surface area contributed by atoms with Gasteiger partial charge in [0.1, 0.15) is 0 Å². The van der Waals surface area contributed by atoms with Crippen LogP contribution in [-0.4, -0.2) is 30.4 Å². The van der Waals surface area contributed by atoms with Gasteiger partial charge in [0.25, 0.3) is 0 Å². The third-order valence-corrected chi connectivity index (χ3v) is 6.53. The van der Waals surface area contributed by atoms with Crippen molar-refractivity contribution in [1.82, 2.24) is 10.2 Å². The third kappa shape index (κ3) is 5.35. The van der Waals surface area contributed by atoms with Gasteiger partial charge in [-0.1, -0.05) is 54.6 Å². The van der Waals surface area contributed by atoms with E-state index < -0.39 is 0 Å². The smallest absolute Gasteiger partial charge is 0.223 e. The third-order valence-electron chi connectivity index (χ3n) is 5.67. The summed E-state index contributed by atoms with van der Waals surface area (Å²) in [6, 6.07) is 5.78. The van der Waals surface area contributed by atoms with Gasteiger partial charge in [0.15, 0.2) is 0 Å². The molecule has 0 spiro atoms. The monoisotopic (exact) mass is 382 g/mol. The predicted molar refractivity (Wildman–Crippen MR) is 104 cm³/mol. The zero-order chi connectivity index (χ0) is 17.6. The van der Waals surface area contributed by atoms with Gasteiger partial charge in [0.05, 0.1) is 10.0 Å². The molecule has 2 fully saturated rings. The molecule has 0 unspecified atom stereocenters. The summed E-state index contributed by atoms with van der Waals surface area (Å²) >= 11 is 12.4. The van der Waals surface area contributed by atoms with Gasteiger partial charge in [-0.3, -0.25) is 9.69 Å². The predicted octanol–water partition coefficient (Wildman–Crippen LogP) is 4.90. The molecule has 0 aromatic heterocycles. The average Bonchev–Trinajstić information content (AvgIpc) is 2.65. The van der Waals surface area contributed by atoms with Crippen molar-refractivity contribution in [3.63, 3.8) is 0 Å². The molecular formula is C20H28Cl2N2O. The summed E-state index contributed by atoms with van der Waals surface area (Å²) in [4.78, 5) is 14.8. The van der Waals surface area contributed by atoms with Crippen molar-refractivity contribution in [3.05, 3.63) is 33.8 Å². The van der Waals surface area contributed by atoms with Crippen LogP contribution < -0.4 is 5.32 Å². The minimum atomic E-state index is 0.162. The highest BCUT2D eigenvalue weighted by molar-refractivity contribution is 6.42. The van der Waals surface area contributed by atoms with E-state index in [1.807, 2.05) is 18.2 Å². The van der Waals surface area contributed by atoms with Crippen LogP contribution in [0.5, 0.6) is 0 Å². The SMILES string of the molecule is O=C(NCC1CCCCC1)C1CCN(Cc2cccc(Cl)c2Cl)CC1. The van der Waals surface area contributed by atoms with Crippen molar-refractivity contribution in [2.24, 2.45) is 11.8 Å². The van der Waals surface area contributed by atoms with E-state index in [0.717, 1.165) is 44.6 Å². The normalized spacial score (nSPS) is 20.6. The number of likely N-dealkylation sites (tertiary alicyclic amines) is 1. The Morgan fingerprint density at radius 2 is 1.80 bits per heavy atom. The first kappa shape index (κ1) is 19.0. The van der Waals surface area contributed by atoms with Gasteiger partial charge in [-0.2, -0.15) is 0 Å². The zero-order valence-corrected chi connectivity index (χ0v) is 16.3. The summed E-state index contributed by atoms with van der Waals surface area (Å²) in [6.07, 6.45) is 8.41. The first-order chi connectivity index (χ1) is 12.1. The molecule has 5 heteroatoms. The number of halogens is 2. The molecule has 1 saturated carbocycles. The maximum absolute atomic E-state index is 12.4. The van der Waals surface area contributed by atoms with E-state index in [9.17, 15) is 4.79 Å². The van der Waals surface area contributed by atoms with Crippen LogP contribution in [0.25, 0.3) is 0 Å². The van der Waals surface area contributed by atoms with E-state index >= 15 is 0 Å². The molecule has 1 aromatic carbocycles. The molecule has 138 valence electrons. The lowest BCUT2D eigenvalue weighted by molar-refractivity contribution is -0.126. The average molecular weight is 383 g/mol. The van der Waals surface area contributed by atoms with Crippen LogP contribution in [-0.2, 0) is 11.3 Å². The number of nitrogens with one attached hydrogen (secondary N) is 1. The Morgan fingerprint density at radius 1 is 1.08 bits per heavy atom. The van der Waals surface area contributed by atoms with Crippen molar-refractivity contribution in [2.75, 3.05) is 19.6 Å². The second-order valence-electron chi connectivity index (χ2n) is 7.51. The number of piperidine rings is 1. The van der Waals surface area contributed by atoms with Crippen LogP contribution in [0.15, 0.2) is 18.2 Å². The number of hydrogen-bond acceptors (Lipinski definition) is 2. The van der Waals surface area contributed by atoms with Crippen LogP contribution in [0, 0.1) is 11.8 Å². The maximum atomic E-state index is 12.4. The summed E-state index contributed by atoms with van der Waals surface area (Å²) in [7, 11) is 0. The molecule has 1 aliphatic heterocycles. The Bertz CT molecular complexity index is 579. The standard InChI is InChI=1S/C20H28Cl2N2O/c21-18-8-4-7-17(19(18)22)14-24-11-9-16(10-12-24)20(25)23-13-15-5-2-1-3-6-15/h4,7-8,15-16H,1-3,5-6,9-14H2,(H,23,25). The van der Waals surface area contributed by atoms with Gasteiger partial charge in [0.2, 0.25) is 5.91 Å². The Labute approximate surface area is 161 Å². The van der Waals surface area contributed by atoms with Gasteiger partial charge in [-0.25, -0.2) is 0 Å². The van der Waals surface area contributed by atoms with E-state index in [1.54, 1.807) is 0 Å². The highest BCUT2D eigenvalue weighted by Crippen LogP contribution is 2.28. The summed E-state index contributed by atoms with van der Waals surface area (Å²) in [5.74, 6) is 1.11. The molecule has 2 aliphatic rings. The van der Waals surface area contributed by atoms with Crippen LogP contribution >= 0.6 is 23.2 Å². The molecular weight excluding hydrogens is 355 g/mol. The van der Waals surface area contributed by atoms with Crippen molar-refractivity contribution >= 4 is 29.1 Å². The first-order valence-corrected chi connectivity index (χ1v) is 10.3. The number of amides is 1. The van der Waals surface area contributed by atoms with Crippen LogP contribution in [0.1, 0.15) is 50.5 Å². The molecule has 1 saturated heterocycles. The lowest BCUT2D eigenvalue weighted by Gasteiger charge is -2.32. The number of rotatable bonds is 5. The van der Waals surface area contributed by atoms with E-state index in [2.05, 4.69) is 10.2 Å². The Kier molecular flexibility index (Phi) is 7.03. The summed E-state index contributed by atoms with van der Waals surface area (Å²) in [5.41, 5.74) is 1.06. The van der Waals surface area contributed by atoms with E-state index in [0.29, 0.717) is 16.0 Å². The summed E-state index contributed by atoms with van der Waals surface area (Å²) in [6.45, 7) is 3.54. The maximum Gasteiger partial charge on any atom is 0.223 e. The van der Waals surface area contributed by atoms with Crippen LogP contribution in [0.4, 0.5) is 0 Å². The van der Waals surface area contributed by atoms with Crippen molar-refractivity contribution in [3.8, 4) is 0 Å². The van der Waals surface area contributed by atoms with Gasteiger partial charge in [0, 0.05) is 19.0 Å². The van der Waals surface area contributed by atoms with E-state index in [-0.39, 0.29) is 11.8 Å². The first-order valence-electron chi connectivity index (χ1n) is 9.56. The van der Waals surface area contributed by atoms with Crippen LogP contribution in [0.2, 0.25) is 10.0 Å². The van der Waals surface area contributed by atoms with E-state index in [1.165, 1.54) is 32.1 Å². The number of benzene rings is 1. The lowest BCUT2D eigenvalue weighted by atomic mass is 9.89. The Hall–Kier alpha value is -0.770. The largest absolute Gasteiger partial charge is 0.356 e. The summed E-state index contributed by atoms with van der Waals surface area (Å²) < 4.78 is 0. The molecule has 3 nitrogen and oxygen atoms in total. The number of nitrogens with zero attached hydrogens (tertiary/aromatic N) is 1. The summed E-state index contributed by atoms with van der Waals surface area (Å²) in [5, 5.41) is 4.46. The molecule has 0 atom stereocenters. The molecule has 0 radical (unpaired) electrons. The Balaban J connectivity index is 1.42. The van der Waals surface area contributed by atoms with Crippen LogP contribution in [0.3, 0.4) is 0 Å². The fourth-order valence-electron chi connectivity index (χ4n) is 4.05. The second-order valence-corrected chi connectivity index (χ2v) is 8.30. The lowest BCUT2D eigenvalue weighted by Crippen LogP contribution is -2.41. The molecule has 1 N–H and O–H groups in total. The quantitative estimate of drug-likeness (QED) is 0.784. The van der Waals surface area contributed by atoms with E-state index in [4.69, 9.17) is 23.2 Å². The Morgan fingerprint density at radius 3 is 2.52 bits per heavy atom. The number of carbonyl (C=O) groups is 1. The fourth-order valence-corrected chi connectivity index (χ4v) is 4.43. The molecule has 1 aromatic rings. The molecule has 3 rings (SSSR count). The van der Waals surface area contributed by atoms with Crippen molar-refractivity contribution < 1.29 is 4.79 Å². The number of carbonyl (C=O) groups excluding carboxylic acids is 1. The van der Waals surface area contributed by atoms with Crippen molar-refractivity contribution in [2.45, 2.75) is 51.5 Å². The van der Waals surface area contributed by atoms with Gasteiger partial charge in [-0.15, -0.1) is 0 Å². The second kappa shape index (κ2) is 9.25. The van der Waals surface area contributed by atoms with Gasteiger partial charge >= 0.3 is 0 Å². The highest BCUT2D eigenvalue weighted by atomic mass is 35.5. The molecule has 1 amide bonds.